The van der Waals surface area contributed by atoms with Crippen LogP contribution in [0.15, 0.2) is 0 Å². The SMILES string of the molecule is CCCCCCCCCCCCCCCCCC[N+](C)(C)C(CC)[SiH2]OC.[Br-]. The Kier molecular flexibility index (Phi) is 24.5. The van der Waals surface area contributed by atoms with Gasteiger partial charge in [-0.1, -0.05) is 104 Å². The predicted molar refractivity (Wildman–Crippen MR) is 126 cm³/mol. The van der Waals surface area contributed by atoms with Crippen molar-refractivity contribution >= 4 is 9.76 Å². The Morgan fingerprint density at radius 1 is 0.643 bits per heavy atom. The topological polar surface area (TPSA) is 9.23 Å². The summed E-state index contributed by atoms with van der Waals surface area (Å²) < 4.78 is 6.71. The third-order valence-corrected chi connectivity index (χ3v) is 8.69. The van der Waals surface area contributed by atoms with Crippen LogP contribution in [0.5, 0.6) is 0 Å². The molecule has 0 aromatic rings. The second-order valence-electron chi connectivity index (χ2n) is 9.32. The van der Waals surface area contributed by atoms with Gasteiger partial charge in [-0.2, -0.15) is 0 Å². The van der Waals surface area contributed by atoms with E-state index in [4.69, 9.17) is 4.43 Å². The fourth-order valence-electron chi connectivity index (χ4n) is 4.26. The van der Waals surface area contributed by atoms with Crippen molar-refractivity contribution in [2.24, 2.45) is 0 Å². The highest BCUT2D eigenvalue weighted by atomic mass is 79.9. The summed E-state index contributed by atoms with van der Waals surface area (Å²) in [4.78, 5) is 0. The molecule has 0 aliphatic carbocycles. The van der Waals surface area contributed by atoms with Crippen molar-refractivity contribution in [2.45, 2.75) is 129 Å². The van der Waals surface area contributed by atoms with Crippen LogP contribution < -0.4 is 17.0 Å². The number of halogens is 1. The van der Waals surface area contributed by atoms with Gasteiger partial charge in [0.1, 0.15) is 0 Å². The lowest BCUT2D eigenvalue weighted by Gasteiger charge is -2.37. The van der Waals surface area contributed by atoms with Gasteiger partial charge in [0.2, 0.25) is 9.76 Å². The molecular formula is C24H54BrNOSi. The Morgan fingerprint density at radius 3 is 1.32 bits per heavy atom. The van der Waals surface area contributed by atoms with Crippen LogP contribution in [-0.4, -0.2) is 47.7 Å². The van der Waals surface area contributed by atoms with Gasteiger partial charge in [0, 0.05) is 7.11 Å². The third kappa shape index (κ3) is 18.6. The number of rotatable bonds is 21. The fraction of sp³-hybridized carbons (Fsp3) is 1.00. The first-order valence-corrected chi connectivity index (χ1v) is 13.8. The molecule has 0 spiro atoms. The van der Waals surface area contributed by atoms with E-state index >= 15 is 0 Å². The maximum absolute atomic E-state index is 5.54. The van der Waals surface area contributed by atoms with Gasteiger partial charge in [-0.15, -0.1) is 0 Å². The molecule has 172 valence electrons. The van der Waals surface area contributed by atoms with Gasteiger partial charge < -0.3 is 25.9 Å². The van der Waals surface area contributed by atoms with Gasteiger partial charge in [0.15, 0.2) is 0 Å². The Morgan fingerprint density at radius 2 is 1.00 bits per heavy atom. The molecular weight excluding hydrogens is 426 g/mol. The second kappa shape index (κ2) is 22.3. The minimum absolute atomic E-state index is 0. The molecule has 0 saturated heterocycles. The van der Waals surface area contributed by atoms with Crippen molar-refractivity contribution in [3.63, 3.8) is 0 Å². The van der Waals surface area contributed by atoms with E-state index < -0.39 is 0 Å². The van der Waals surface area contributed by atoms with Gasteiger partial charge in [-0.05, 0) is 19.3 Å². The fourth-order valence-corrected chi connectivity index (χ4v) is 5.46. The van der Waals surface area contributed by atoms with Crippen LogP contribution in [0.2, 0.25) is 0 Å². The number of nitrogens with zero attached hydrogens (tertiary/aromatic N) is 1. The molecule has 0 radical (unpaired) electrons. The Balaban J connectivity index is 0. The average molecular weight is 481 g/mol. The standard InChI is InChI=1S/C24H54NOSi.BrH/c1-6-8-9-10-11-12-13-14-15-16-17-18-19-20-21-22-23-25(3,4)24(7-2)27-26-5;/h24H,6-23,27H2,1-5H3;1H/q+1;/p-1. The van der Waals surface area contributed by atoms with Gasteiger partial charge in [0.25, 0.3) is 0 Å². The van der Waals surface area contributed by atoms with Crippen LogP contribution in [0.25, 0.3) is 0 Å². The van der Waals surface area contributed by atoms with E-state index in [1.165, 1.54) is 120 Å². The first-order chi connectivity index (χ1) is 13.1. The van der Waals surface area contributed by atoms with E-state index in [1.54, 1.807) is 0 Å². The number of hydrogen-bond acceptors (Lipinski definition) is 1. The highest BCUT2D eigenvalue weighted by Gasteiger charge is 2.26. The summed E-state index contributed by atoms with van der Waals surface area (Å²) in [5.41, 5.74) is 0.784. The summed E-state index contributed by atoms with van der Waals surface area (Å²) in [7, 11) is 6.35. The van der Waals surface area contributed by atoms with Crippen LogP contribution >= 0.6 is 0 Å². The van der Waals surface area contributed by atoms with Crippen LogP contribution in [-0.2, 0) is 4.43 Å². The lowest BCUT2D eigenvalue weighted by molar-refractivity contribution is -0.903. The summed E-state index contributed by atoms with van der Waals surface area (Å²) in [6, 6.07) is 0. The number of quaternary nitrogens is 1. The molecule has 0 heterocycles. The molecule has 0 aromatic carbocycles. The van der Waals surface area contributed by atoms with E-state index in [2.05, 4.69) is 27.9 Å². The van der Waals surface area contributed by atoms with Crippen molar-refractivity contribution in [1.29, 1.82) is 0 Å². The van der Waals surface area contributed by atoms with Crippen LogP contribution in [0.1, 0.15) is 123 Å². The van der Waals surface area contributed by atoms with Crippen LogP contribution in [0.3, 0.4) is 0 Å². The van der Waals surface area contributed by atoms with Crippen LogP contribution in [0, 0.1) is 0 Å². The molecule has 1 atom stereocenters. The van der Waals surface area contributed by atoms with E-state index in [0.29, 0.717) is 0 Å². The molecule has 0 aliphatic heterocycles. The van der Waals surface area contributed by atoms with Crippen molar-refractivity contribution in [1.82, 2.24) is 0 Å². The molecule has 1 unspecified atom stereocenters. The molecule has 0 saturated carbocycles. The lowest BCUT2D eigenvalue weighted by atomic mass is 10.0. The summed E-state index contributed by atoms with van der Waals surface area (Å²) in [5, 5.41) is 0. The van der Waals surface area contributed by atoms with E-state index in [-0.39, 0.29) is 26.7 Å². The zero-order chi connectivity index (χ0) is 20.2. The molecule has 4 heteroatoms. The normalized spacial score (nSPS) is 13.2. The first-order valence-electron chi connectivity index (χ1n) is 12.4. The van der Waals surface area contributed by atoms with Gasteiger partial charge in [-0.3, -0.25) is 0 Å². The minimum Gasteiger partial charge on any atom is -1.00 e. The first kappa shape index (κ1) is 30.8. The van der Waals surface area contributed by atoms with Gasteiger partial charge in [-0.25, -0.2) is 0 Å². The highest BCUT2D eigenvalue weighted by molar-refractivity contribution is 6.28. The van der Waals surface area contributed by atoms with Crippen molar-refractivity contribution in [3.8, 4) is 0 Å². The number of hydrogen-bond donors (Lipinski definition) is 0. The molecule has 0 aliphatic rings. The van der Waals surface area contributed by atoms with Crippen LogP contribution in [0.4, 0.5) is 0 Å². The molecule has 28 heavy (non-hydrogen) atoms. The molecule has 0 bridgehead atoms. The van der Waals surface area contributed by atoms with E-state index in [0.717, 1.165) is 5.67 Å². The maximum Gasteiger partial charge on any atom is 0.224 e. The smallest absolute Gasteiger partial charge is 0.224 e. The molecule has 0 fully saturated rings. The minimum atomic E-state index is -0.363. The molecule has 0 aromatic heterocycles. The third-order valence-electron chi connectivity index (χ3n) is 6.41. The van der Waals surface area contributed by atoms with Gasteiger partial charge >= 0.3 is 0 Å². The van der Waals surface area contributed by atoms with Crippen molar-refractivity contribution < 1.29 is 25.9 Å². The van der Waals surface area contributed by atoms with Gasteiger partial charge in [0.05, 0.1) is 26.3 Å². The molecule has 0 rings (SSSR count). The average Bonchev–Trinajstić information content (AvgIpc) is 2.65. The quantitative estimate of drug-likeness (QED) is 0.138. The zero-order valence-electron chi connectivity index (χ0n) is 20.2. The largest absolute Gasteiger partial charge is 1.00 e. The summed E-state index contributed by atoms with van der Waals surface area (Å²) in [6.07, 6.45) is 24.5. The lowest BCUT2D eigenvalue weighted by Crippen LogP contribution is -3.00. The van der Waals surface area contributed by atoms with Crippen molar-refractivity contribution in [2.75, 3.05) is 27.7 Å². The maximum atomic E-state index is 5.54. The monoisotopic (exact) mass is 479 g/mol. The molecule has 2 nitrogen and oxygen atoms in total. The predicted octanol–water partition coefficient (Wildman–Crippen LogP) is 3.79. The highest BCUT2D eigenvalue weighted by Crippen LogP contribution is 2.15. The molecule has 0 amide bonds. The van der Waals surface area contributed by atoms with E-state index in [1.807, 2.05) is 7.11 Å². The number of unbranched alkanes of at least 4 members (excludes halogenated alkanes) is 15. The second-order valence-corrected chi connectivity index (χ2v) is 11.2. The zero-order valence-corrected chi connectivity index (χ0v) is 23.2. The summed E-state index contributed by atoms with van der Waals surface area (Å²) >= 11 is 0. The Labute approximate surface area is 191 Å². The summed E-state index contributed by atoms with van der Waals surface area (Å²) in [6.45, 7) is 5.95. The van der Waals surface area contributed by atoms with Crippen molar-refractivity contribution in [3.05, 3.63) is 0 Å². The molecule has 0 N–H and O–H groups in total. The Bertz CT molecular complexity index is 302. The van der Waals surface area contributed by atoms with E-state index in [9.17, 15) is 0 Å². The Hall–Kier alpha value is 0.617. The summed E-state index contributed by atoms with van der Waals surface area (Å²) in [5.74, 6) is 0.